The van der Waals surface area contributed by atoms with E-state index in [4.69, 9.17) is 23.7 Å². The Morgan fingerprint density at radius 2 is 1.81 bits per heavy atom. The van der Waals surface area contributed by atoms with Crippen LogP contribution in [0.15, 0.2) is 42.6 Å². The highest BCUT2D eigenvalue weighted by atomic mass is 32.2. The quantitative estimate of drug-likeness (QED) is 0.216. The van der Waals surface area contributed by atoms with Gasteiger partial charge in [0, 0.05) is 48.0 Å². The second kappa shape index (κ2) is 20.8. The number of ether oxygens (including phenoxy) is 5. The number of pyridine rings is 1. The van der Waals surface area contributed by atoms with E-state index < -0.39 is 71.8 Å². The molecule has 2 aromatic rings. The van der Waals surface area contributed by atoms with Gasteiger partial charge < -0.3 is 44.3 Å². The first-order chi connectivity index (χ1) is 27.4. The average Bonchev–Trinajstić information content (AvgIpc) is 3.50. The van der Waals surface area contributed by atoms with Crippen LogP contribution in [0.25, 0.3) is 17.0 Å². The summed E-state index contributed by atoms with van der Waals surface area (Å²) in [6.45, 7) is 12.1. The molecule has 1 aromatic carbocycles. The predicted molar refractivity (Wildman–Crippen MR) is 219 cm³/mol. The molecule has 0 bridgehead atoms. The van der Waals surface area contributed by atoms with Crippen LogP contribution < -0.4 is 10.6 Å². The van der Waals surface area contributed by atoms with Gasteiger partial charge in [-0.3, -0.25) is 9.78 Å². The molecular formula is C42H62F2N4O9S. The lowest BCUT2D eigenvalue weighted by molar-refractivity contribution is -0.285. The van der Waals surface area contributed by atoms with E-state index in [1.165, 1.54) is 13.2 Å². The molecule has 3 aliphatic heterocycles. The number of Topliss-reactive ketones (excluding diaryl/α,β-unsaturated/α-hetero) is 1. The molecule has 324 valence electrons. The van der Waals surface area contributed by atoms with Crippen LogP contribution in [0.5, 0.6) is 0 Å². The number of aromatic nitrogens is 1. The zero-order valence-corrected chi connectivity index (χ0v) is 36.1. The van der Waals surface area contributed by atoms with Crippen molar-refractivity contribution in [1.82, 2.24) is 20.5 Å². The minimum absolute atomic E-state index is 0.0938. The predicted octanol–water partition coefficient (Wildman–Crippen LogP) is 5.82. The summed E-state index contributed by atoms with van der Waals surface area (Å²) < 4.78 is 57.7. The molecule has 3 fully saturated rings. The molecule has 0 aliphatic carbocycles. The molecule has 3 saturated heterocycles. The van der Waals surface area contributed by atoms with Crippen molar-refractivity contribution in [2.45, 2.75) is 134 Å². The Bertz CT molecular complexity index is 1720. The summed E-state index contributed by atoms with van der Waals surface area (Å²) in [7, 11) is 3.71. The number of nitrogens with zero attached hydrogens (tertiary/aromatic N) is 2. The first kappa shape index (κ1) is 47.4. The number of hydrogen-bond acceptors (Lipinski definition) is 13. The number of alkyl halides is 1. The maximum Gasteiger partial charge on any atom is 0.408 e. The van der Waals surface area contributed by atoms with E-state index in [2.05, 4.69) is 15.6 Å². The largest absolute Gasteiger partial charge is 0.455 e. The monoisotopic (exact) mass is 836 g/mol. The molecule has 58 heavy (non-hydrogen) atoms. The van der Waals surface area contributed by atoms with E-state index in [0.29, 0.717) is 19.4 Å². The lowest BCUT2D eigenvalue weighted by Crippen LogP contribution is -2.60. The summed E-state index contributed by atoms with van der Waals surface area (Å²) in [6, 6.07) is 8.49. The van der Waals surface area contributed by atoms with Crippen LogP contribution in [0.3, 0.4) is 0 Å². The number of esters is 1. The van der Waals surface area contributed by atoms with Crippen molar-refractivity contribution >= 4 is 47.0 Å². The summed E-state index contributed by atoms with van der Waals surface area (Å²) >= 11 is 0.250. The molecule has 4 unspecified atom stereocenters. The number of halogens is 2. The molecule has 4 heterocycles. The van der Waals surface area contributed by atoms with E-state index in [9.17, 15) is 23.4 Å². The number of para-hydroxylation sites is 1. The fourth-order valence-corrected chi connectivity index (χ4v) is 8.13. The number of benzene rings is 1. The average molecular weight is 837 g/mol. The Kier molecular flexibility index (Phi) is 17.0. The Balaban J connectivity index is 0.00000240. The second-order valence-corrected chi connectivity index (χ2v) is 16.6. The number of likely N-dealkylation sites (N-methyl/N-ethyl adjacent to an activating group) is 1. The zero-order valence-electron chi connectivity index (χ0n) is 35.3. The minimum atomic E-state index is -3.12. The summed E-state index contributed by atoms with van der Waals surface area (Å²) in [5, 5.41) is 18.8. The number of cyclic esters (lactones) is 1. The lowest BCUT2D eigenvalue weighted by Gasteiger charge is -2.44. The maximum absolute atomic E-state index is 16.8. The Morgan fingerprint density at radius 3 is 2.48 bits per heavy atom. The summed E-state index contributed by atoms with van der Waals surface area (Å²) in [4.78, 5) is 47.0. The molecule has 3 N–H and O–H groups in total. The van der Waals surface area contributed by atoms with Crippen LogP contribution in [-0.4, -0.2) is 133 Å². The number of carbonyl (C=O) groups excluding carboxylic acids is 3. The molecule has 1 amide bonds. The van der Waals surface area contributed by atoms with Gasteiger partial charge in [-0.2, -0.15) is 3.89 Å². The number of aliphatic hydroxyl groups is 1. The molecule has 0 saturated carbocycles. The number of hydrogen-bond donors (Lipinski definition) is 3. The van der Waals surface area contributed by atoms with Gasteiger partial charge in [-0.25, -0.2) is 14.0 Å². The van der Waals surface area contributed by atoms with Crippen molar-refractivity contribution in [3.8, 4) is 0 Å². The Hall–Kier alpha value is -3.25. The Morgan fingerprint density at radius 1 is 1.12 bits per heavy atom. The summed E-state index contributed by atoms with van der Waals surface area (Å²) in [5.41, 5.74) is -2.74. The minimum Gasteiger partial charge on any atom is -0.455 e. The SMILES string of the molecule is CC[C@H]1OC(=O)C(C)(F)C(=O)[C@H](C)[C@@H](O[C@@H]2OC(C)CC(N(C)C)C2O)[C@H](OC/C=C/c2cnc3ccccc3c2)C[C@@H](C)CN[C@H](C)[C@H]2NC(=O)O[C@@]21C.CSF. The van der Waals surface area contributed by atoms with Crippen LogP contribution in [0.4, 0.5) is 13.1 Å². The molecular weight excluding hydrogens is 775 g/mol. The first-order valence-electron chi connectivity index (χ1n) is 20.0. The number of aliphatic hydroxyl groups excluding tert-OH is 1. The number of rotatable bonds is 8. The van der Waals surface area contributed by atoms with Gasteiger partial charge in [-0.1, -0.05) is 51.1 Å². The maximum atomic E-state index is 16.8. The molecule has 5 rings (SSSR count). The van der Waals surface area contributed by atoms with E-state index in [1.54, 1.807) is 20.0 Å². The summed E-state index contributed by atoms with van der Waals surface area (Å²) in [6.07, 6.45) is 1.57. The number of ketones is 1. The second-order valence-electron chi connectivity index (χ2n) is 16.3. The third-order valence-electron chi connectivity index (χ3n) is 11.4. The van der Waals surface area contributed by atoms with E-state index in [0.717, 1.165) is 23.4 Å². The molecule has 13 nitrogen and oxygen atoms in total. The van der Waals surface area contributed by atoms with Crippen molar-refractivity contribution in [1.29, 1.82) is 0 Å². The third kappa shape index (κ3) is 11.3. The van der Waals surface area contributed by atoms with Crippen molar-refractivity contribution in [3.05, 3.63) is 48.2 Å². The van der Waals surface area contributed by atoms with E-state index >= 15 is 4.39 Å². The van der Waals surface area contributed by atoms with Gasteiger partial charge in [0.05, 0.1) is 36.5 Å². The lowest BCUT2D eigenvalue weighted by atomic mass is 9.84. The number of alkyl carbamates (subject to hydrolysis) is 1. The van der Waals surface area contributed by atoms with Crippen LogP contribution in [0.2, 0.25) is 0 Å². The fourth-order valence-electron chi connectivity index (χ4n) is 8.13. The van der Waals surface area contributed by atoms with Gasteiger partial charge >= 0.3 is 12.1 Å². The standard InChI is InChI=1S/C41H59FN4O9.CH3FS/c1-10-32-41(7)35(45-39(50)55-41)26(5)43-21-23(2)18-31(51-17-13-14-27-20-28-15-11-12-16-29(28)44-22-27)34(25(4)36(48)40(6,42)38(49)53-32)54-37-33(47)30(46(8)9)19-24(3)52-37;1-3-2/h11-16,20,22-26,30-35,37,43,47H,10,17-19,21H2,1-9H3,(H,45,50);1H3/b14-13+;/t23-,24?,25-,26-,30?,31-,32-,33?,34-,35-,37+,40?,41-;/m1./s1. The summed E-state index contributed by atoms with van der Waals surface area (Å²) in [5.74, 6) is -3.86. The van der Waals surface area contributed by atoms with Gasteiger partial charge in [0.2, 0.25) is 0 Å². The van der Waals surface area contributed by atoms with Crippen molar-refractivity contribution in [2.24, 2.45) is 11.8 Å². The topological polar surface area (TPSA) is 158 Å². The normalized spacial score (nSPS) is 36.6. The highest BCUT2D eigenvalue weighted by Crippen LogP contribution is 2.36. The van der Waals surface area contributed by atoms with Gasteiger partial charge in [0.25, 0.3) is 5.67 Å². The van der Waals surface area contributed by atoms with Crippen molar-refractivity contribution < 1.29 is 51.5 Å². The highest BCUT2D eigenvalue weighted by molar-refractivity contribution is 7.93. The van der Waals surface area contributed by atoms with Crippen LogP contribution in [0, 0.1) is 11.8 Å². The van der Waals surface area contributed by atoms with Crippen LogP contribution in [0.1, 0.15) is 73.3 Å². The third-order valence-corrected chi connectivity index (χ3v) is 11.4. The van der Waals surface area contributed by atoms with Crippen molar-refractivity contribution in [3.63, 3.8) is 0 Å². The van der Waals surface area contributed by atoms with Gasteiger partial charge in [0.1, 0.15) is 12.2 Å². The highest BCUT2D eigenvalue weighted by Gasteiger charge is 2.57. The van der Waals surface area contributed by atoms with E-state index in [-0.39, 0.29) is 49.3 Å². The molecule has 0 radical (unpaired) electrons. The molecule has 0 spiro atoms. The molecule has 1 aromatic heterocycles. The Labute approximate surface area is 345 Å². The first-order valence-corrected chi connectivity index (χ1v) is 21.1. The smallest absolute Gasteiger partial charge is 0.408 e. The number of amides is 1. The number of fused-ring (bicyclic) bond motifs is 2. The van der Waals surface area contributed by atoms with Crippen molar-refractivity contribution in [2.75, 3.05) is 33.5 Å². The number of nitrogens with one attached hydrogen (secondary N) is 2. The van der Waals surface area contributed by atoms with Gasteiger partial charge in [-0.15, -0.1) is 0 Å². The van der Waals surface area contributed by atoms with Crippen LogP contribution in [-0.2, 0) is 33.3 Å². The van der Waals surface area contributed by atoms with Crippen LogP contribution >= 0.6 is 12.1 Å². The van der Waals surface area contributed by atoms with Gasteiger partial charge in [-0.05, 0) is 91.2 Å². The van der Waals surface area contributed by atoms with E-state index in [1.807, 2.05) is 82.3 Å². The molecule has 3 aliphatic rings. The fraction of sp³-hybridized carbons (Fsp3) is 0.667. The molecule has 16 heteroatoms. The van der Waals surface area contributed by atoms with Gasteiger partial charge in [0.15, 0.2) is 17.7 Å². The zero-order chi connectivity index (χ0) is 42.9. The number of carbonyl (C=O) groups is 3. The molecule has 13 atom stereocenters.